The topological polar surface area (TPSA) is 51.0 Å². The van der Waals surface area contributed by atoms with Crippen LogP contribution in [0.5, 0.6) is 0 Å². The molecule has 5 nitrogen and oxygen atoms in total. The van der Waals surface area contributed by atoms with E-state index in [1.54, 1.807) is 15.8 Å². The molecule has 0 saturated carbocycles. The molecule has 2 aromatic rings. The summed E-state index contributed by atoms with van der Waals surface area (Å²) in [5.41, 5.74) is 1.13. The SMILES string of the molecule is CN(Cc1ccccc1)C(=O)CSc1nncn1C. The minimum absolute atomic E-state index is 0.0804. The predicted octanol–water partition coefficient (Wildman–Crippen LogP) is 1.57. The number of carbonyl (C=O) groups excluding carboxylic acids is 1. The van der Waals surface area contributed by atoms with Crippen LogP contribution in [0.25, 0.3) is 0 Å². The Labute approximate surface area is 116 Å². The first-order valence-corrected chi connectivity index (χ1v) is 6.90. The molecule has 1 aromatic carbocycles. The Kier molecular flexibility index (Phi) is 4.57. The van der Waals surface area contributed by atoms with Crippen molar-refractivity contribution in [1.29, 1.82) is 0 Å². The van der Waals surface area contributed by atoms with E-state index in [1.807, 2.05) is 44.4 Å². The summed E-state index contributed by atoms with van der Waals surface area (Å²) in [7, 11) is 3.67. The van der Waals surface area contributed by atoms with Crippen LogP contribution in [0.4, 0.5) is 0 Å². The number of hydrogen-bond donors (Lipinski definition) is 0. The van der Waals surface area contributed by atoms with Crippen molar-refractivity contribution < 1.29 is 4.79 Å². The molecule has 100 valence electrons. The van der Waals surface area contributed by atoms with Crippen LogP contribution in [0.15, 0.2) is 41.8 Å². The lowest BCUT2D eigenvalue weighted by atomic mass is 10.2. The zero-order valence-electron chi connectivity index (χ0n) is 11.0. The fourth-order valence-electron chi connectivity index (χ4n) is 1.59. The van der Waals surface area contributed by atoms with Crippen LogP contribution in [0.3, 0.4) is 0 Å². The van der Waals surface area contributed by atoms with Crippen molar-refractivity contribution in [3.63, 3.8) is 0 Å². The van der Waals surface area contributed by atoms with E-state index in [4.69, 9.17) is 0 Å². The molecule has 0 saturated heterocycles. The molecular weight excluding hydrogens is 260 g/mol. The van der Waals surface area contributed by atoms with Crippen molar-refractivity contribution in [2.24, 2.45) is 7.05 Å². The Bertz CT molecular complexity index is 541. The summed E-state index contributed by atoms with van der Waals surface area (Å²) in [5, 5.41) is 8.47. The summed E-state index contributed by atoms with van der Waals surface area (Å²) in [5.74, 6) is 0.451. The third kappa shape index (κ3) is 3.82. The zero-order valence-corrected chi connectivity index (χ0v) is 11.8. The quantitative estimate of drug-likeness (QED) is 0.778. The van der Waals surface area contributed by atoms with Crippen LogP contribution in [-0.2, 0) is 18.4 Å². The number of benzene rings is 1. The lowest BCUT2D eigenvalue weighted by molar-refractivity contribution is -0.127. The minimum atomic E-state index is 0.0804. The first kappa shape index (κ1) is 13.6. The molecule has 0 atom stereocenters. The number of aromatic nitrogens is 3. The number of thioether (sulfide) groups is 1. The van der Waals surface area contributed by atoms with Crippen molar-refractivity contribution >= 4 is 17.7 Å². The molecule has 0 unspecified atom stereocenters. The zero-order chi connectivity index (χ0) is 13.7. The lowest BCUT2D eigenvalue weighted by Crippen LogP contribution is -2.27. The van der Waals surface area contributed by atoms with Gasteiger partial charge in [-0.05, 0) is 5.56 Å². The number of nitrogens with zero attached hydrogens (tertiary/aromatic N) is 4. The Balaban J connectivity index is 1.84. The molecule has 1 heterocycles. The molecule has 2 rings (SSSR count). The first-order valence-electron chi connectivity index (χ1n) is 5.91. The Hall–Kier alpha value is -1.82. The van der Waals surface area contributed by atoms with Crippen LogP contribution < -0.4 is 0 Å². The highest BCUT2D eigenvalue weighted by molar-refractivity contribution is 7.99. The van der Waals surface area contributed by atoms with Gasteiger partial charge < -0.3 is 9.47 Å². The smallest absolute Gasteiger partial charge is 0.233 e. The number of carbonyl (C=O) groups is 1. The van der Waals surface area contributed by atoms with Gasteiger partial charge in [-0.25, -0.2) is 0 Å². The molecule has 0 aliphatic rings. The van der Waals surface area contributed by atoms with E-state index in [0.29, 0.717) is 12.3 Å². The molecular formula is C13H16N4OS. The maximum Gasteiger partial charge on any atom is 0.233 e. The van der Waals surface area contributed by atoms with Gasteiger partial charge in [0.2, 0.25) is 5.91 Å². The van der Waals surface area contributed by atoms with Crippen molar-refractivity contribution in [3.05, 3.63) is 42.2 Å². The van der Waals surface area contributed by atoms with E-state index in [-0.39, 0.29) is 5.91 Å². The Morgan fingerprint density at radius 3 is 2.74 bits per heavy atom. The van der Waals surface area contributed by atoms with E-state index in [0.717, 1.165) is 10.7 Å². The van der Waals surface area contributed by atoms with E-state index in [9.17, 15) is 4.79 Å². The Morgan fingerprint density at radius 1 is 1.37 bits per heavy atom. The summed E-state index contributed by atoms with van der Waals surface area (Å²) in [4.78, 5) is 13.7. The lowest BCUT2D eigenvalue weighted by Gasteiger charge is -2.16. The summed E-state index contributed by atoms with van der Waals surface area (Å²) in [6.07, 6.45) is 1.63. The van der Waals surface area contributed by atoms with Gasteiger partial charge in [-0.3, -0.25) is 4.79 Å². The summed E-state index contributed by atoms with van der Waals surface area (Å²) in [6, 6.07) is 9.94. The van der Waals surface area contributed by atoms with Gasteiger partial charge >= 0.3 is 0 Å². The highest BCUT2D eigenvalue weighted by Crippen LogP contribution is 2.14. The van der Waals surface area contributed by atoms with Gasteiger partial charge in [-0.15, -0.1) is 10.2 Å². The second-order valence-corrected chi connectivity index (χ2v) is 5.19. The number of hydrogen-bond acceptors (Lipinski definition) is 4. The number of aryl methyl sites for hydroxylation is 1. The third-order valence-electron chi connectivity index (χ3n) is 2.68. The number of rotatable bonds is 5. The second kappa shape index (κ2) is 6.38. The maximum absolute atomic E-state index is 12.0. The van der Waals surface area contributed by atoms with E-state index in [2.05, 4.69) is 10.2 Å². The summed E-state index contributed by atoms with van der Waals surface area (Å²) < 4.78 is 1.80. The monoisotopic (exact) mass is 276 g/mol. The fraction of sp³-hybridized carbons (Fsp3) is 0.308. The molecule has 0 bridgehead atoms. The van der Waals surface area contributed by atoms with Gasteiger partial charge in [0.1, 0.15) is 6.33 Å². The molecule has 0 spiro atoms. The van der Waals surface area contributed by atoms with Gasteiger partial charge in [0.15, 0.2) is 5.16 Å². The van der Waals surface area contributed by atoms with Gasteiger partial charge in [0.25, 0.3) is 0 Å². The van der Waals surface area contributed by atoms with E-state index >= 15 is 0 Å². The van der Waals surface area contributed by atoms with Gasteiger partial charge in [-0.2, -0.15) is 0 Å². The molecule has 6 heteroatoms. The highest BCUT2D eigenvalue weighted by Gasteiger charge is 2.11. The van der Waals surface area contributed by atoms with Crippen molar-refractivity contribution in [2.75, 3.05) is 12.8 Å². The van der Waals surface area contributed by atoms with Gasteiger partial charge in [0.05, 0.1) is 5.75 Å². The Morgan fingerprint density at radius 2 is 2.11 bits per heavy atom. The molecule has 0 aliphatic carbocycles. The molecule has 0 fully saturated rings. The van der Waals surface area contributed by atoms with Gasteiger partial charge in [-0.1, -0.05) is 42.1 Å². The van der Waals surface area contributed by atoms with Crippen molar-refractivity contribution in [3.8, 4) is 0 Å². The molecule has 0 N–H and O–H groups in total. The average molecular weight is 276 g/mol. The predicted molar refractivity (Wildman–Crippen MR) is 74.6 cm³/mol. The summed E-state index contributed by atoms with van der Waals surface area (Å²) >= 11 is 1.40. The van der Waals surface area contributed by atoms with Gasteiger partial charge in [0, 0.05) is 20.6 Å². The normalized spacial score (nSPS) is 10.4. The van der Waals surface area contributed by atoms with E-state index < -0.39 is 0 Å². The number of amides is 1. The maximum atomic E-state index is 12.0. The fourth-order valence-corrected chi connectivity index (χ4v) is 2.41. The van der Waals surface area contributed by atoms with Crippen LogP contribution in [0, 0.1) is 0 Å². The van der Waals surface area contributed by atoms with Crippen LogP contribution >= 0.6 is 11.8 Å². The highest BCUT2D eigenvalue weighted by atomic mass is 32.2. The molecule has 1 amide bonds. The standard InChI is InChI=1S/C13H16N4OS/c1-16(8-11-6-4-3-5-7-11)12(18)9-19-13-15-14-10-17(13)2/h3-7,10H,8-9H2,1-2H3. The summed E-state index contributed by atoms with van der Waals surface area (Å²) in [6.45, 7) is 0.624. The minimum Gasteiger partial charge on any atom is -0.341 e. The molecule has 1 aromatic heterocycles. The largest absolute Gasteiger partial charge is 0.341 e. The molecule has 0 aliphatic heterocycles. The van der Waals surface area contributed by atoms with Crippen LogP contribution in [-0.4, -0.2) is 38.4 Å². The van der Waals surface area contributed by atoms with E-state index in [1.165, 1.54) is 11.8 Å². The average Bonchev–Trinajstić information content (AvgIpc) is 2.82. The first-order chi connectivity index (χ1) is 9.16. The van der Waals surface area contributed by atoms with Crippen molar-refractivity contribution in [1.82, 2.24) is 19.7 Å². The van der Waals surface area contributed by atoms with Crippen LogP contribution in [0.1, 0.15) is 5.56 Å². The third-order valence-corrected chi connectivity index (χ3v) is 3.70. The van der Waals surface area contributed by atoms with Crippen molar-refractivity contribution in [2.45, 2.75) is 11.7 Å². The molecule has 0 radical (unpaired) electrons. The van der Waals surface area contributed by atoms with Crippen LogP contribution in [0.2, 0.25) is 0 Å². The molecule has 19 heavy (non-hydrogen) atoms. The second-order valence-electron chi connectivity index (χ2n) is 4.25.